The summed E-state index contributed by atoms with van der Waals surface area (Å²) in [6.45, 7) is 9.44. The molecule has 0 aromatic heterocycles. The summed E-state index contributed by atoms with van der Waals surface area (Å²) in [5.41, 5.74) is 0.796. The Morgan fingerprint density at radius 2 is 2.07 bits per heavy atom. The molecule has 2 unspecified atom stereocenters. The maximum atomic E-state index is 3.62. The quantitative estimate of drug-likeness (QED) is 0.687. The van der Waals surface area contributed by atoms with Crippen LogP contribution in [0.3, 0.4) is 0 Å². The van der Waals surface area contributed by atoms with Gasteiger partial charge >= 0.3 is 0 Å². The molecule has 2 aliphatic carbocycles. The van der Waals surface area contributed by atoms with E-state index in [1.807, 2.05) is 0 Å². The van der Waals surface area contributed by atoms with Crippen molar-refractivity contribution in [3.63, 3.8) is 0 Å². The van der Waals surface area contributed by atoms with E-state index in [1.165, 1.54) is 38.8 Å². The minimum absolute atomic E-state index is 0.796. The van der Waals surface area contributed by atoms with Gasteiger partial charge in [-0.25, -0.2) is 0 Å². The zero-order valence-corrected chi connectivity index (χ0v) is 9.97. The summed E-state index contributed by atoms with van der Waals surface area (Å²) < 4.78 is 0. The Kier molecular flexibility index (Phi) is 2.88. The molecule has 0 amide bonds. The lowest BCUT2D eigenvalue weighted by molar-refractivity contribution is 0.366. The van der Waals surface area contributed by atoms with Crippen molar-refractivity contribution in [2.45, 2.75) is 46.5 Å². The van der Waals surface area contributed by atoms with Gasteiger partial charge in [-0.2, -0.15) is 0 Å². The van der Waals surface area contributed by atoms with Crippen molar-refractivity contribution in [1.29, 1.82) is 0 Å². The molecule has 82 valence electrons. The van der Waals surface area contributed by atoms with Gasteiger partial charge in [0.25, 0.3) is 0 Å². The largest absolute Gasteiger partial charge is 0.316 e. The molecule has 0 radical (unpaired) electrons. The first-order valence-electron chi connectivity index (χ1n) is 6.39. The molecular weight excluding hydrogens is 170 g/mol. The second-order valence-electron chi connectivity index (χ2n) is 5.81. The van der Waals surface area contributed by atoms with Crippen LogP contribution in [0.5, 0.6) is 0 Å². The Hall–Kier alpha value is -0.0400. The van der Waals surface area contributed by atoms with Gasteiger partial charge in [-0.3, -0.25) is 0 Å². The number of hydrogen-bond donors (Lipinski definition) is 1. The highest BCUT2D eigenvalue weighted by molar-refractivity contribution is 5.10. The van der Waals surface area contributed by atoms with E-state index in [4.69, 9.17) is 0 Å². The van der Waals surface area contributed by atoms with Gasteiger partial charge in [0.1, 0.15) is 0 Å². The molecule has 0 aliphatic heterocycles. The molecule has 1 nitrogen and oxygen atoms in total. The predicted molar refractivity (Wildman–Crippen MR) is 61.3 cm³/mol. The topological polar surface area (TPSA) is 12.0 Å². The first kappa shape index (κ1) is 10.5. The van der Waals surface area contributed by atoms with E-state index < -0.39 is 0 Å². The summed E-state index contributed by atoms with van der Waals surface area (Å²) >= 11 is 0. The van der Waals surface area contributed by atoms with Crippen molar-refractivity contribution in [3.8, 4) is 0 Å². The summed E-state index contributed by atoms with van der Waals surface area (Å²) in [7, 11) is 0. The third-order valence-electron chi connectivity index (χ3n) is 4.27. The first-order valence-corrected chi connectivity index (χ1v) is 6.39. The van der Waals surface area contributed by atoms with E-state index in [0.29, 0.717) is 0 Å². The fourth-order valence-electron chi connectivity index (χ4n) is 3.10. The van der Waals surface area contributed by atoms with E-state index in [2.05, 4.69) is 26.1 Å². The maximum absolute atomic E-state index is 3.62. The minimum atomic E-state index is 0.796. The molecule has 2 saturated carbocycles. The molecule has 2 rings (SSSR count). The minimum Gasteiger partial charge on any atom is -0.316 e. The van der Waals surface area contributed by atoms with Gasteiger partial charge in [0.05, 0.1) is 0 Å². The summed E-state index contributed by atoms with van der Waals surface area (Å²) in [4.78, 5) is 0. The van der Waals surface area contributed by atoms with Crippen molar-refractivity contribution < 1.29 is 0 Å². The average Bonchev–Trinajstić information content (AvgIpc) is 2.98. The van der Waals surface area contributed by atoms with Crippen molar-refractivity contribution in [3.05, 3.63) is 0 Å². The Bertz CT molecular complexity index is 195. The molecule has 0 bridgehead atoms. The van der Waals surface area contributed by atoms with E-state index in [1.54, 1.807) is 0 Å². The van der Waals surface area contributed by atoms with Gasteiger partial charge in [0.2, 0.25) is 0 Å². The number of hydrogen-bond acceptors (Lipinski definition) is 1. The van der Waals surface area contributed by atoms with Gasteiger partial charge in [-0.15, -0.1) is 0 Å². The molecule has 0 aromatic carbocycles. The van der Waals surface area contributed by atoms with Crippen LogP contribution in [0.1, 0.15) is 46.5 Å². The monoisotopic (exact) mass is 195 g/mol. The van der Waals surface area contributed by atoms with Gasteiger partial charge in [0, 0.05) is 0 Å². The van der Waals surface area contributed by atoms with Crippen molar-refractivity contribution in [2.24, 2.45) is 23.2 Å². The first-order chi connectivity index (χ1) is 6.69. The molecule has 0 aromatic rings. The summed E-state index contributed by atoms with van der Waals surface area (Å²) in [6, 6.07) is 0. The molecule has 14 heavy (non-hydrogen) atoms. The molecule has 2 aliphatic rings. The molecule has 0 saturated heterocycles. The predicted octanol–water partition coefficient (Wildman–Crippen LogP) is 3.06. The lowest BCUT2D eigenvalue weighted by Gasteiger charge is -2.14. The number of nitrogens with one attached hydrogen (secondary N) is 1. The van der Waals surface area contributed by atoms with Crippen LogP contribution in [0.4, 0.5) is 0 Å². The lowest BCUT2D eigenvalue weighted by Crippen LogP contribution is -2.24. The highest BCUT2D eigenvalue weighted by Gasteiger charge is 2.59. The van der Waals surface area contributed by atoms with Crippen molar-refractivity contribution >= 4 is 0 Å². The van der Waals surface area contributed by atoms with Crippen LogP contribution in [0.15, 0.2) is 0 Å². The molecular formula is C13H25N. The van der Waals surface area contributed by atoms with Crippen LogP contribution in [-0.2, 0) is 0 Å². The maximum Gasteiger partial charge on any atom is -0.00148 e. The summed E-state index contributed by atoms with van der Waals surface area (Å²) in [6.07, 6.45) is 5.98. The lowest BCUT2D eigenvalue weighted by atomic mass is 9.94. The van der Waals surface area contributed by atoms with E-state index >= 15 is 0 Å². The van der Waals surface area contributed by atoms with E-state index in [-0.39, 0.29) is 0 Å². The fourth-order valence-corrected chi connectivity index (χ4v) is 3.10. The summed E-state index contributed by atoms with van der Waals surface area (Å²) in [5, 5.41) is 3.62. The van der Waals surface area contributed by atoms with E-state index in [9.17, 15) is 0 Å². The van der Waals surface area contributed by atoms with Gasteiger partial charge in [-0.1, -0.05) is 20.8 Å². The van der Waals surface area contributed by atoms with Crippen LogP contribution in [0.25, 0.3) is 0 Å². The second kappa shape index (κ2) is 3.84. The normalized spacial score (nSPS) is 36.4. The van der Waals surface area contributed by atoms with Gasteiger partial charge < -0.3 is 5.32 Å². The molecule has 1 heteroatoms. The standard InChI is InChI=1S/C13H25N/c1-4-13(11-5-6-11)7-12(13)9-14-8-10(2)3/h10-12,14H,4-9H2,1-3H3. The third-order valence-corrected chi connectivity index (χ3v) is 4.27. The van der Waals surface area contributed by atoms with Gasteiger partial charge in [0.15, 0.2) is 0 Å². The Morgan fingerprint density at radius 3 is 2.57 bits per heavy atom. The van der Waals surface area contributed by atoms with Crippen molar-refractivity contribution in [1.82, 2.24) is 5.32 Å². The molecule has 1 N–H and O–H groups in total. The zero-order valence-electron chi connectivity index (χ0n) is 9.97. The van der Waals surface area contributed by atoms with Crippen LogP contribution in [0.2, 0.25) is 0 Å². The van der Waals surface area contributed by atoms with E-state index in [0.717, 1.165) is 23.2 Å². The third kappa shape index (κ3) is 1.98. The Morgan fingerprint density at radius 1 is 1.36 bits per heavy atom. The highest BCUT2D eigenvalue weighted by Crippen LogP contribution is 2.67. The second-order valence-corrected chi connectivity index (χ2v) is 5.81. The average molecular weight is 195 g/mol. The van der Waals surface area contributed by atoms with Crippen LogP contribution >= 0.6 is 0 Å². The van der Waals surface area contributed by atoms with Crippen molar-refractivity contribution in [2.75, 3.05) is 13.1 Å². The highest BCUT2D eigenvalue weighted by atomic mass is 14.9. The fraction of sp³-hybridized carbons (Fsp3) is 1.00. The van der Waals surface area contributed by atoms with Gasteiger partial charge in [-0.05, 0) is 61.9 Å². The zero-order chi connectivity index (χ0) is 10.2. The Balaban J connectivity index is 1.69. The SMILES string of the molecule is CCC1(C2CC2)CC1CNCC(C)C. The molecule has 2 fully saturated rings. The molecule has 0 heterocycles. The van der Waals surface area contributed by atoms with Crippen LogP contribution in [0, 0.1) is 23.2 Å². The molecule has 0 spiro atoms. The Labute approximate surface area is 88.7 Å². The molecule has 2 atom stereocenters. The smallest absolute Gasteiger partial charge is 0.00148 e. The van der Waals surface area contributed by atoms with Crippen LogP contribution in [-0.4, -0.2) is 13.1 Å². The number of rotatable bonds is 6. The summed E-state index contributed by atoms with van der Waals surface area (Å²) in [5.74, 6) is 2.92. The van der Waals surface area contributed by atoms with Crippen LogP contribution < -0.4 is 5.32 Å².